The molecular formula is C22H20O3. The zero-order valence-corrected chi connectivity index (χ0v) is 14.1. The number of carbonyl (C=O) groups excluding carboxylic acids is 1. The lowest BCUT2D eigenvalue weighted by atomic mass is 10.1. The minimum Gasteiger partial charge on any atom is -0.453 e. The smallest absolute Gasteiger partial charge is 0.311 e. The largest absolute Gasteiger partial charge is 0.453 e. The number of benzene rings is 3. The van der Waals surface area contributed by atoms with Gasteiger partial charge in [-0.2, -0.15) is 0 Å². The molecule has 0 unspecified atom stereocenters. The second-order valence-electron chi connectivity index (χ2n) is 5.69. The lowest BCUT2D eigenvalue weighted by molar-refractivity contribution is -0.134. The van der Waals surface area contributed by atoms with Crippen LogP contribution in [-0.4, -0.2) is 5.97 Å². The van der Waals surface area contributed by atoms with Gasteiger partial charge in [0.25, 0.3) is 0 Å². The van der Waals surface area contributed by atoms with Crippen molar-refractivity contribution in [3.05, 3.63) is 90.0 Å². The molecule has 0 heterocycles. The van der Waals surface area contributed by atoms with Crippen LogP contribution in [0.4, 0.5) is 0 Å². The fraction of sp³-hybridized carbons (Fsp3) is 0.136. The zero-order valence-electron chi connectivity index (χ0n) is 14.1. The number of hydrogen-bond donors (Lipinski definition) is 0. The quantitative estimate of drug-likeness (QED) is 0.449. The van der Waals surface area contributed by atoms with Gasteiger partial charge in [-0.25, -0.2) is 0 Å². The van der Waals surface area contributed by atoms with Gasteiger partial charge in [0.2, 0.25) is 0 Å². The first-order valence-corrected chi connectivity index (χ1v) is 8.35. The standard InChI is InChI=1S/C22H20O3/c1-2-22(23)25-21-14-7-6-13-20(21)24-19-12-8-11-18(16-19)15-17-9-4-3-5-10-17/h3-14,16H,2,15H2,1H3. The van der Waals surface area contributed by atoms with Crippen molar-refractivity contribution < 1.29 is 14.3 Å². The molecule has 126 valence electrons. The van der Waals surface area contributed by atoms with Crippen LogP contribution in [0.5, 0.6) is 17.2 Å². The molecular weight excluding hydrogens is 312 g/mol. The summed E-state index contributed by atoms with van der Waals surface area (Å²) in [5.41, 5.74) is 2.41. The molecule has 0 bridgehead atoms. The van der Waals surface area contributed by atoms with Crippen LogP contribution in [-0.2, 0) is 11.2 Å². The second-order valence-corrected chi connectivity index (χ2v) is 5.69. The maximum Gasteiger partial charge on any atom is 0.311 e. The third kappa shape index (κ3) is 4.70. The average molecular weight is 332 g/mol. The topological polar surface area (TPSA) is 35.5 Å². The lowest BCUT2D eigenvalue weighted by Gasteiger charge is -2.12. The number of carbonyl (C=O) groups is 1. The van der Waals surface area contributed by atoms with Crippen LogP contribution in [0.1, 0.15) is 24.5 Å². The van der Waals surface area contributed by atoms with Gasteiger partial charge in [-0.15, -0.1) is 0 Å². The van der Waals surface area contributed by atoms with E-state index in [2.05, 4.69) is 18.2 Å². The van der Waals surface area contributed by atoms with Gasteiger partial charge >= 0.3 is 5.97 Å². The molecule has 0 aliphatic heterocycles. The molecule has 0 saturated heterocycles. The van der Waals surface area contributed by atoms with E-state index >= 15 is 0 Å². The molecule has 0 atom stereocenters. The Morgan fingerprint density at radius 1 is 0.800 bits per heavy atom. The summed E-state index contributed by atoms with van der Waals surface area (Å²) >= 11 is 0. The molecule has 0 fully saturated rings. The lowest BCUT2D eigenvalue weighted by Crippen LogP contribution is -2.06. The second kappa shape index (κ2) is 8.15. The number of ether oxygens (including phenoxy) is 2. The van der Waals surface area contributed by atoms with Gasteiger partial charge in [-0.1, -0.05) is 61.5 Å². The molecule has 0 N–H and O–H groups in total. The first kappa shape index (κ1) is 16.8. The Morgan fingerprint density at radius 2 is 1.48 bits per heavy atom. The number of esters is 1. The Bertz CT molecular complexity index is 841. The van der Waals surface area contributed by atoms with Crippen molar-refractivity contribution in [3.63, 3.8) is 0 Å². The summed E-state index contributed by atoms with van der Waals surface area (Å²) in [6.45, 7) is 1.76. The van der Waals surface area contributed by atoms with Crippen molar-refractivity contribution in [2.24, 2.45) is 0 Å². The van der Waals surface area contributed by atoms with E-state index in [1.165, 1.54) is 5.56 Å². The average Bonchev–Trinajstić information content (AvgIpc) is 2.64. The van der Waals surface area contributed by atoms with E-state index in [0.29, 0.717) is 23.7 Å². The normalized spacial score (nSPS) is 10.3. The van der Waals surface area contributed by atoms with Crippen molar-refractivity contribution in [2.75, 3.05) is 0 Å². The van der Waals surface area contributed by atoms with Gasteiger partial charge in [0.15, 0.2) is 11.5 Å². The molecule has 25 heavy (non-hydrogen) atoms. The summed E-state index contributed by atoms with van der Waals surface area (Å²) in [6, 6.07) is 25.4. The minimum atomic E-state index is -0.283. The Morgan fingerprint density at radius 3 is 2.24 bits per heavy atom. The van der Waals surface area contributed by atoms with Crippen LogP contribution in [0.2, 0.25) is 0 Å². The van der Waals surface area contributed by atoms with E-state index in [9.17, 15) is 4.79 Å². The Kier molecular flexibility index (Phi) is 5.47. The van der Waals surface area contributed by atoms with Crippen molar-refractivity contribution in [1.82, 2.24) is 0 Å². The fourth-order valence-electron chi connectivity index (χ4n) is 2.49. The van der Waals surface area contributed by atoms with E-state index in [1.54, 1.807) is 19.1 Å². The van der Waals surface area contributed by atoms with Crippen molar-refractivity contribution in [2.45, 2.75) is 19.8 Å². The summed E-state index contributed by atoms with van der Waals surface area (Å²) in [7, 11) is 0. The van der Waals surface area contributed by atoms with Crippen LogP contribution in [0.25, 0.3) is 0 Å². The highest BCUT2D eigenvalue weighted by atomic mass is 16.6. The predicted molar refractivity (Wildman–Crippen MR) is 98.1 cm³/mol. The summed E-state index contributed by atoms with van der Waals surface area (Å²) in [6.07, 6.45) is 1.16. The Balaban J connectivity index is 1.77. The molecule has 0 aliphatic carbocycles. The van der Waals surface area contributed by atoms with E-state index in [-0.39, 0.29) is 5.97 Å². The third-order valence-electron chi connectivity index (χ3n) is 3.74. The zero-order chi connectivity index (χ0) is 17.5. The summed E-state index contributed by atoms with van der Waals surface area (Å²) in [5.74, 6) is 1.39. The minimum absolute atomic E-state index is 0.283. The molecule has 0 amide bonds. The molecule has 3 nitrogen and oxygen atoms in total. The molecule has 3 heteroatoms. The van der Waals surface area contributed by atoms with Crippen LogP contribution in [0.15, 0.2) is 78.9 Å². The Hall–Kier alpha value is -3.07. The third-order valence-corrected chi connectivity index (χ3v) is 3.74. The van der Waals surface area contributed by atoms with E-state index in [0.717, 1.165) is 12.0 Å². The summed E-state index contributed by atoms with van der Waals surface area (Å²) in [5, 5.41) is 0. The molecule has 0 saturated carbocycles. The van der Waals surface area contributed by atoms with Crippen LogP contribution in [0.3, 0.4) is 0 Å². The summed E-state index contributed by atoms with van der Waals surface area (Å²) < 4.78 is 11.3. The van der Waals surface area contributed by atoms with Gasteiger partial charge < -0.3 is 9.47 Å². The Labute approximate surface area is 147 Å². The van der Waals surface area contributed by atoms with E-state index in [4.69, 9.17) is 9.47 Å². The number of rotatable bonds is 6. The first-order chi connectivity index (χ1) is 12.2. The molecule has 0 aliphatic rings. The summed E-state index contributed by atoms with van der Waals surface area (Å²) in [4.78, 5) is 11.6. The molecule has 3 aromatic rings. The first-order valence-electron chi connectivity index (χ1n) is 8.35. The van der Waals surface area contributed by atoms with Gasteiger partial charge in [0, 0.05) is 6.42 Å². The fourth-order valence-corrected chi connectivity index (χ4v) is 2.49. The van der Waals surface area contributed by atoms with Crippen molar-refractivity contribution >= 4 is 5.97 Å². The molecule has 3 rings (SSSR count). The predicted octanol–water partition coefficient (Wildman–Crippen LogP) is 5.39. The highest BCUT2D eigenvalue weighted by Crippen LogP contribution is 2.32. The SMILES string of the molecule is CCC(=O)Oc1ccccc1Oc1cccc(Cc2ccccc2)c1. The molecule has 0 spiro atoms. The van der Waals surface area contributed by atoms with Crippen LogP contribution < -0.4 is 9.47 Å². The maximum absolute atomic E-state index is 11.6. The molecule has 0 radical (unpaired) electrons. The van der Waals surface area contributed by atoms with Gasteiger partial charge in [-0.3, -0.25) is 4.79 Å². The van der Waals surface area contributed by atoms with E-state index < -0.39 is 0 Å². The van der Waals surface area contributed by atoms with Gasteiger partial charge in [0.1, 0.15) is 5.75 Å². The van der Waals surface area contributed by atoms with Gasteiger partial charge in [0.05, 0.1) is 0 Å². The van der Waals surface area contributed by atoms with Crippen molar-refractivity contribution in [3.8, 4) is 17.2 Å². The molecule has 3 aromatic carbocycles. The van der Waals surface area contributed by atoms with E-state index in [1.807, 2.05) is 48.5 Å². The monoisotopic (exact) mass is 332 g/mol. The van der Waals surface area contributed by atoms with Crippen LogP contribution >= 0.6 is 0 Å². The number of para-hydroxylation sites is 2. The molecule has 0 aromatic heterocycles. The van der Waals surface area contributed by atoms with Crippen molar-refractivity contribution in [1.29, 1.82) is 0 Å². The highest BCUT2D eigenvalue weighted by Gasteiger charge is 2.09. The van der Waals surface area contributed by atoms with Gasteiger partial charge in [-0.05, 0) is 41.8 Å². The number of hydrogen-bond acceptors (Lipinski definition) is 3. The maximum atomic E-state index is 11.6. The highest BCUT2D eigenvalue weighted by molar-refractivity contribution is 5.72. The van der Waals surface area contributed by atoms with Crippen LogP contribution in [0, 0.1) is 0 Å².